The summed E-state index contributed by atoms with van der Waals surface area (Å²) in [5, 5.41) is 8.93. The van der Waals surface area contributed by atoms with Crippen LogP contribution in [0.1, 0.15) is 30.3 Å². The minimum absolute atomic E-state index is 0.00252. The Hall–Kier alpha value is -1.36. The first-order valence-electron chi connectivity index (χ1n) is 6.88. The summed E-state index contributed by atoms with van der Waals surface area (Å²) in [7, 11) is 0. The molecule has 0 saturated carbocycles. The molecule has 112 valence electrons. The third-order valence-corrected chi connectivity index (χ3v) is 4.37. The van der Waals surface area contributed by atoms with Crippen LogP contribution in [0.25, 0.3) is 0 Å². The van der Waals surface area contributed by atoms with Gasteiger partial charge >= 0.3 is 0 Å². The van der Waals surface area contributed by atoms with Gasteiger partial charge in [-0.25, -0.2) is 0 Å². The SMILES string of the molecule is CC(NC(C)c1cccc(Cl)c1)C(=O)NCc1cccs1. The monoisotopic (exact) mass is 322 g/mol. The van der Waals surface area contributed by atoms with E-state index in [2.05, 4.69) is 10.6 Å². The number of carbonyl (C=O) groups is 1. The van der Waals surface area contributed by atoms with E-state index < -0.39 is 0 Å². The van der Waals surface area contributed by atoms with Gasteiger partial charge in [0, 0.05) is 15.9 Å². The van der Waals surface area contributed by atoms with Crippen LogP contribution in [0.2, 0.25) is 5.02 Å². The predicted molar refractivity (Wildman–Crippen MR) is 88.6 cm³/mol. The van der Waals surface area contributed by atoms with Crippen LogP contribution in [-0.2, 0) is 11.3 Å². The Morgan fingerprint density at radius 2 is 2.10 bits per heavy atom. The van der Waals surface area contributed by atoms with Crippen LogP contribution < -0.4 is 10.6 Å². The van der Waals surface area contributed by atoms with Gasteiger partial charge in [-0.3, -0.25) is 10.1 Å². The van der Waals surface area contributed by atoms with Crippen LogP contribution in [0.15, 0.2) is 41.8 Å². The highest BCUT2D eigenvalue weighted by Gasteiger charge is 2.16. The van der Waals surface area contributed by atoms with Crippen molar-refractivity contribution >= 4 is 28.8 Å². The van der Waals surface area contributed by atoms with Gasteiger partial charge in [-0.1, -0.05) is 29.8 Å². The lowest BCUT2D eigenvalue weighted by Crippen LogP contribution is -2.42. The molecule has 0 bridgehead atoms. The third-order valence-electron chi connectivity index (χ3n) is 3.26. The van der Waals surface area contributed by atoms with E-state index in [9.17, 15) is 4.79 Å². The highest BCUT2D eigenvalue weighted by Crippen LogP contribution is 2.17. The molecule has 0 aliphatic carbocycles. The molecule has 0 saturated heterocycles. The maximum Gasteiger partial charge on any atom is 0.237 e. The molecule has 5 heteroatoms. The van der Waals surface area contributed by atoms with E-state index in [-0.39, 0.29) is 18.0 Å². The van der Waals surface area contributed by atoms with Crippen molar-refractivity contribution in [2.24, 2.45) is 0 Å². The van der Waals surface area contributed by atoms with Gasteiger partial charge in [-0.2, -0.15) is 0 Å². The lowest BCUT2D eigenvalue weighted by Gasteiger charge is -2.20. The Morgan fingerprint density at radius 1 is 1.29 bits per heavy atom. The quantitative estimate of drug-likeness (QED) is 0.850. The number of benzene rings is 1. The van der Waals surface area contributed by atoms with Crippen LogP contribution in [0.5, 0.6) is 0 Å². The number of thiophene rings is 1. The van der Waals surface area contributed by atoms with Crippen molar-refractivity contribution in [3.63, 3.8) is 0 Å². The molecular weight excluding hydrogens is 304 g/mol. The molecule has 1 aromatic carbocycles. The molecule has 0 aliphatic rings. The topological polar surface area (TPSA) is 41.1 Å². The molecule has 2 rings (SSSR count). The summed E-state index contributed by atoms with van der Waals surface area (Å²) in [5.74, 6) is -0.00252. The van der Waals surface area contributed by atoms with Crippen molar-refractivity contribution < 1.29 is 4.79 Å². The van der Waals surface area contributed by atoms with Gasteiger partial charge in [0.2, 0.25) is 5.91 Å². The molecule has 0 aliphatic heterocycles. The Balaban J connectivity index is 1.85. The molecule has 2 atom stereocenters. The Bertz CT molecular complexity index is 586. The van der Waals surface area contributed by atoms with Crippen molar-refractivity contribution in [1.29, 1.82) is 0 Å². The molecule has 0 spiro atoms. The molecule has 1 aromatic heterocycles. The van der Waals surface area contributed by atoms with Crippen LogP contribution in [0.4, 0.5) is 0 Å². The fourth-order valence-corrected chi connectivity index (χ4v) is 2.91. The smallest absolute Gasteiger partial charge is 0.237 e. The van der Waals surface area contributed by atoms with E-state index in [0.717, 1.165) is 10.4 Å². The summed E-state index contributed by atoms with van der Waals surface area (Å²) in [6, 6.07) is 11.5. The average molecular weight is 323 g/mol. The van der Waals surface area contributed by atoms with E-state index in [4.69, 9.17) is 11.6 Å². The fourth-order valence-electron chi connectivity index (χ4n) is 2.06. The second kappa shape index (κ2) is 7.59. The maximum absolute atomic E-state index is 12.1. The zero-order valence-electron chi connectivity index (χ0n) is 12.1. The van der Waals surface area contributed by atoms with Crippen LogP contribution in [0.3, 0.4) is 0 Å². The molecule has 0 radical (unpaired) electrons. The average Bonchev–Trinajstić information content (AvgIpc) is 2.97. The minimum atomic E-state index is -0.265. The van der Waals surface area contributed by atoms with E-state index in [1.807, 2.05) is 55.6 Å². The normalized spacial score (nSPS) is 13.7. The zero-order chi connectivity index (χ0) is 15.2. The summed E-state index contributed by atoms with van der Waals surface area (Å²) < 4.78 is 0. The summed E-state index contributed by atoms with van der Waals surface area (Å²) >= 11 is 7.63. The highest BCUT2D eigenvalue weighted by atomic mass is 35.5. The summed E-state index contributed by atoms with van der Waals surface area (Å²) in [6.45, 7) is 4.47. The lowest BCUT2D eigenvalue weighted by atomic mass is 10.1. The van der Waals surface area contributed by atoms with E-state index in [1.165, 1.54) is 0 Å². The van der Waals surface area contributed by atoms with Crippen molar-refractivity contribution in [2.75, 3.05) is 0 Å². The van der Waals surface area contributed by atoms with Gasteiger partial charge in [0.15, 0.2) is 0 Å². The first-order valence-corrected chi connectivity index (χ1v) is 8.13. The molecule has 2 aromatic rings. The second-order valence-electron chi connectivity index (χ2n) is 4.96. The third kappa shape index (κ3) is 4.84. The molecule has 1 heterocycles. The number of hydrogen-bond acceptors (Lipinski definition) is 3. The van der Waals surface area contributed by atoms with Crippen molar-refractivity contribution in [3.8, 4) is 0 Å². The van der Waals surface area contributed by atoms with Gasteiger partial charge in [-0.05, 0) is 43.0 Å². The lowest BCUT2D eigenvalue weighted by molar-refractivity contribution is -0.123. The standard InChI is InChI=1S/C16H19ClN2OS/c1-11(13-5-3-6-14(17)9-13)19-12(2)16(20)18-10-15-7-4-8-21-15/h3-9,11-12,19H,10H2,1-2H3,(H,18,20). The largest absolute Gasteiger partial charge is 0.350 e. The van der Waals surface area contributed by atoms with Gasteiger partial charge in [0.25, 0.3) is 0 Å². The summed E-state index contributed by atoms with van der Waals surface area (Å²) in [4.78, 5) is 13.2. The zero-order valence-corrected chi connectivity index (χ0v) is 13.7. The highest BCUT2D eigenvalue weighted by molar-refractivity contribution is 7.09. The predicted octanol–water partition coefficient (Wildman–Crippen LogP) is 3.76. The van der Waals surface area contributed by atoms with Crippen LogP contribution in [0, 0.1) is 0 Å². The molecule has 1 amide bonds. The number of nitrogens with one attached hydrogen (secondary N) is 2. The van der Waals surface area contributed by atoms with Crippen molar-refractivity contribution in [1.82, 2.24) is 10.6 Å². The Morgan fingerprint density at radius 3 is 2.76 bits per heavy atom. The second-order valence-corrected chi connectivity index (χ2v) is 6.43. The van der Waals surface area contributed by atoms with E-state index >= 15 is 0 Å². The molecular formula is C16H19ClN2OS. The molecule has 21 heavy (non-hydrogen) atoms. The van der Waals surface area contributed by atoms with Gasteiger partial charge in [0.05, 0.1) is 12.6 Å². The maximum atomic E-state index is 12.1. The number of halogens is 1. The van der Waals surface area contributed by atoms with E-state index in [0.29, 0.717) is 11.6 Å². The van der Waals surface area contributed by atoms with E-state index in [1.54, 1.807) is 11.3 Å². The van der Waals surface area contributed by atoms with Crippen LogP contribution >= 0.6 is 22.9 Å². The molecule has 2 N–H and O–H groups in total. The molecule has 2 unspecified atom stereocenters. The van der Waals surface area contributed by atoms with Gasteiger partial charge in [-0.15, -0.1) is 11.3 Å². The number of carbonyl (C=O) groups excluding carboxylic acids is 1. The van der Waals surface area contributed by atoms with Crippen LogP contribution in [-0.4, -0.2) is 11.9 Å². The van der Waals surface area contributed by atoms with Crippen molar-refractivity contribution in [2.45, 2.75) is 32.5 Å². The van der Waals surface area contributed by atoms with Crippen molar-refractivity contribution in [3.05, 3.63) is 57.2 Å². The molecule has 0 fully saturated rings. The first kappa shape index (κ1) is 16.0. The number of amides is 1. The summed E-state index contributed by atoms with van der Waals surface area (Å²) in [6.07, 6.45) is 0. The fraction of sp³-hybridized carbons (Fsp3) is 0.312. The number of hydrogen-bond donors (Lipinski definition) is 2. The van der Waals surface area contributed by atoms with Gasteiger partial charge in [0.1, 0.15) is 0 Å². The minimum Gasteiger partial charge on any atom is -0.350 e. The Kier molecular flexibility index (Phi) is 5.79. The number of rotatable bonds is 6. The Labute approximate surface area is 134 Å². The molecule has 3 nitrogen and oxygen atoms in total. The van der Waals surface area contributed by atoms with Gasteiger partial charge < -0.3 is 5.32 Å². The summed E-state index contributed by atoms with van der Waals surface area (Å²) in [5.41, 5.74) is 1.07. The first-order chi connectivity index (χ1) is 10.1.